The maximum absolute atomic E-state index is 5.24. The molecule has 0 fully saturated rings. The summed E-state index contributed by atoms with van der Waals surface area (Å²) in [6.07, 6.45) is 0. The van der Waals surface area contributed by atoms with Gasteiger partial charge in [0.2, 0.25) is 0 Å². The molecule has 0 aliphatic rings. The number of hydrogen-bond donors (Lipinski definition) is 0. The van der Waals surface area contributed by atoms with Crippen molar-refractivity contribution >= 4 is 97.5 Å². The van der Waals surface area contributed by atoms with Gasteiger partial charge in [0.05, 0.1) is 22.1 Å². The van der Waals surface area contributed by atoms with Crippen LogP contribution < -0.4 is 0 Å². The van der Waals surface area contributed by atoms with Gasteiger partial charge in [-0.1, -0.05) is 261 Å². The van der Waals surface area contributed by atoms with Gasteiger partial charge in [0.25, 0.3) is 0 Å². The molecular formula is C87H53N5. The quantitative estimate of drug-likeness (QED) is 0.107. The number of fused-ring (bicyclic) bond motifs is 12. The second-order valence-corrected chi connectivity index (χ2v) is 24.1. The summed E-state index contributed by atoms with van der Waals surface area (Å²) in [6.45, 7) is 0. The lowest BCUT2D eigenvalue weighted by atomic mass is 9.75. The third-order valence-electron chi connectivity index (χ3n) is 19.1. The van der Waals surface area contributed by atoms with Crippen LogP contribution in [0.4, 0.5) is 0 Å². The van der Waals surface area contributed by atoms with Crippen LogP contribution in [0.1, 0.15) is 0 Å². The Balaban J connectivity index is 0.890. The van der Waals surface area contributed by atoms with Gasteiger partial charge in [-0.05, 0) is 159 Å². The molecule has 3 heterocycles. The summed E-state index contributed by atoms with van der Waals surface area (Å²) < 4.78 is 4.85. The molecule has 0 saturated heterocycles. The largest absolute Gasteiger partial charge is 0.309 e. The Morgan fingerprint density at radius 2 is 0.489 bits per heavy atom. The summed E-state index contributed by atoms with van der Waals surface area (Å²) in [5.41, 5.74) is 18.8. The molecule has 0 radical (unpaired) electrons. The van der Waals surface area contributed by atoms with E-state index >= 15 is 0 Å². The number of nitrogens with zero attached hydrogens (tertiary/aromatic N) is 5. The molecule has 5 nitrogen and oxygen atoms in total. The third-order valence-corrected chi connectivity index (χ3v) is 19.1. The predicted molar refractivity (Wildman–Crippen MR) is 385 cm³/mol. The van der Waals surface area contributed by atoms with E-state index < -0.39 is 0 Å². The van der Waals surface area contributed by atoms with Crippen molar-refractivity contribution in [2.75, 3.05) is 0 Å². The molecule has 0 amide bonds. The first-order chi connectivity index (χ1) is 45.7. The summed E-state index contributed by atoms with van der Waals surface area (Å²) in [5, 5.41) is 17.3. The van der Waals surface area contributed by atoms with Gasteiger partial charge in [-0.3, -0.25) is 0 Å². The molecule has 16 aromatic carbocycles. The first kappa shape index (κ1) is 51.7. The Morgan fingerprint density at radius 3 is 0.967 bits per heavy atom. The van der Waals surface area contributed by atoms with Crippen LogP contribution in [-0.4, -0.2) is 24.1 Å². The molecule has 0 atom stereocenters. The van der Waals surface area contributed by atoms with E-state index in [1.807, 2.05) is 36.4 Å². The monoisotopic (exact) mass is 1170 g/mol. The zero-order chi connectivity index (χ0) is 60.4. The fourth-order valence-electron chi connectivity index (χ4n) is 15.2. The average Bonchev–Trinajstić information content (AvgIpc) is 1.13. The van der Waals surface area contributed by atoms with Gasteiger partial charge in [-0.25, -0.2) is 15.0 Å². The summed E-state index contributed by atoms with van der Waals surface area (Å²) in [6, 6.07) is 117. The number of rotatable bonds is 9. The van der Waals surface area contributed by atoms with Gasteiger partial charge in [-0.15, -0.1) is 0 Å². The van der Waals surface area contributed by atoms with E-state index in [0.29, 0.717) is 17.5 Å². The van der Waals surface area contributed by atoms with Crippen molar-refractivity contribution in [1.29, 1.82) is 0 Å². The molecule has 0 saturated carbocycles. The summed E-state index contributed by atoms with van der Waals surface area (Å²) in [5.74, 6) is 1.86. The van der Waals surface area contributed by atoms with Crippen molar-refractivity contribution in [3.8, 4) is 90.0 Å². The number of para-hydroxylation sites is 2. The maximum atomic E-state index is 5.24. The lowest BCUT2D eigenvalue weighted by Gasteiger charge is -2.27. The highest BCUT2D eigenvalue weighted by atomic mass is 15.0. The second kappa shape index (κ2) is 20.6. The van der Waals surface area contributed by atoms with Crippen LogP contribution in [0.5, 0.6) is 0 Å². The van der Waals surface area contributed by atoms with E-state index in [2.05, 4.69) is 294 Å². The molecule has 0 N–H and O–H groups in total. The van der Waals surface area contributed by atoms with Crippen LogP contribution in [0.2, 0.25) is 0 Å². The highest BCUT2D eigenvalue weighted by Crippen LogP contribution is 2.56. The Kier molecular flexibility index (Phi) is 11.6. The molecule has 5 heteroatoms. The number of benzene rings is 16. The minimum atomic E-state index is 0.608. The first-order valence-electron chi connectivity index (χ1n) is 31.5. The van der Waals surface area contributed by atoms with Crippen molar-refractivity contribution in [3.63, 3.8) is 0 Å². The van der Waals surface area contributed by atoms with E-state index in [9.17, 15) is 0 Å². The molecule has 0 aliphatic carbocycles. The minimum absolute atomic E-state index is 0.608. The molecule has 0 aliphatic heterocycles. The number of hydrogen-bond acceptors (Lipinski definition) is 3. The van der Waals surface area contributed by atoms with Crippen molar-refractivity contribution in [1.82, 2.24) is 24.1 Å². The number of aromatic nitrogens is 5. The summed E-state index contributed by atoms with van der Waals surface area (Å²) in [4.78, 5) is 15.5. The molecule has 0 bridgehead atoms. The standard InChI is InChI=1S/C87H53N5/c1-6-24-54(25-7-1)77-78(80(56-28-10-3-11-29-56)84-70-41-23-39-68-64-35-17-16-34-63(64)67-38-22-40-69(81(67)82(68)70)83(84)79(77)55-26-8-2-9-27-55)57-44-47-61(48-45-57)91-75-50-46-60(87-89-85(58-30-12-4-13-31-58)88-86(90-87)59-32-14-5-15-33-59)52-71(75)72-53-62(49-51-76(72)91)92-73-42-20-18-36-65(73)66-37-19-21-43-74(66)92/h1-53H. The van der Waals surface area contributed by atoms with Crippen molar-refractivity contribution in [2.45, 2.75) is 0 Å². The summed E-state index contributed by atoms with van der Waals surface area (Å²) in [7, 11) is 0. The predicted octanol–water partition coefficient (Wildman–Crippen LogP) is 22.9. The fraction of sp³-hybridized carbons (Fsp3) is 0. The molecular weight excluding hydrogens is 1110 g/mol. The minimum Gasteiger partial charge on any atom is -0.309 e. The van der Waals surface area contributed by atoms with Crippen LogP contribution in [0.25, 0.3) is 188 Å². The molecule has 19 rings (SSSR count). The lowest BCUT2D eigenvalue weighted by Crippen LogP contribution is -2.00. The van der Waals surface area contributed by atoms with Crippen LogP contribution in [-0.2, 0) is 0 Å². The third kappa shape index (κ3) is 7.89. The molecule has 0 unspecified atom stereocenters. The second-order valence-electron chi connectivity index (χ2n) is 24.1. The van der Waals surface area contributed by atoms with E-state index in [0.717, 1.165) is 77.6 Å². The molecule has 3 aromatic heterocycles. The van der Waals surface area contributed by atoms with Crippen molar-refractivity contribution in [3.05, 3.63) is 322 Å². The van der Waals surface area contributed by atoms with Crippen molar-refractivity contribution in [2.24, 2.45) is 0 Å². The Morgan fingerprint density at radius 1 is 0.174 bits per heavy atom. The summed E-state index contributed by atoms with van der Waals surface area (Å²) >= 11 is 0. The van der Waals surface area contributed by atoms with Crippen LogP contribution in [0, 0.1) is 0 Å². The fourth-order valence-corrected chi connectivity index (χ4v) is 15.2. The zero-order valence-electron chi connectivity index (χ0n) is 49.8. The van der Waals surface area contributed by atoms with E-state index in [4.69, 9.17) is 15.0 Å². The van der Waals surface area contributed by atoms with E-state index in [-0.39, 0.29) is 0 Å². The highest BCUT2D eigenvalue weighted by molar-refractivity contribution is 6.44. The Labute approximate surface area is 530 Å². The topological polar surface area (TPSA) is 48.5 Å². The van der Waals surface area contributed by atoms with Crippen LogP contribution in [0.15, 0.2) is 322 Å². The maximum Gasteiger partial charge on any atom is 0.164 e. The van der Waals surface area contributed by atoms with E-state index in [1.165, 1.54) is 92.5 Å². The highest BCUT2D eigenvalue weighted by Gasteiger charge is 2.29. The normalized spacial score (nSPS) is 11.9. The van der Waals surface area contributed by atoms with Crippen molar-refractivity contribution < 1.29 is 0 Å². The van der Waals surface area contributed by atoms with E-state index in [1.54, 1.807) is 0 Å². The van der Waals surface area contributed by atoms with Gasteiger partial charge >= 0.3 is 0 Å². The van der Waals surface area contributed by atoms with Gasteiger partial charge in [0.1, 0.15) is 0 Å². The van der Waals surface area contributed by atoms with Gasteiger partial charge in [-0.2, -0.15) is 0 Å². The van der Waals surface area contributed by atoms with Gasteiger partial charge in [0.15, 0.2) is 17.5 Å². The smallest absolute Gasteiger partial charge is 0.164 e. The van der Waals surface area contributed by atoms with Crippen LogP contribution >= 0.6 is 0 Å². The van der Waals surface area contributed by atoms with Crippen LogP contribution in [0.3, 0.4) is 0 Å². The zero-order valence-corrected chi connectivity index (χ0v) is 49.8. The Hall–Kier alpha value is -12.3. The molecule has 426 valence electrons. The first-order valence-corrected chi connectivity index (χ1v) is 31.5. The Bertz CT molecular complexity index is 6020. The average molecular weight is 1170 g/mol. The van der Waals surface area contributed by atoms with Gasteiger partial charge in [0, 0.05) is 49.6 Å². The molecule has 19 aromatic rings. The lowest BCUT2D eigenvalue weighted by molar-refractivity contribution is 1.07. The molecule has 0 spiro atoms. The van der Waals surface area contributed by atoms with Gasteiger partial charge < -0.3 is 9.13 Å². The molecule has 92 heavy (non-hydrogen) atoms. The SMILES string of the molecule is c1ccc(-c2nc(-c3ccccc3)nc(-c3ccc4c(c3)c3cc(-n5c6ccccc6c6ccccc65)ccc3n4-c3ccc(-c4c(-c5ccccc5)c(-c5ccccc5)c5c6cccc7c8ccccc8c8cccc(c5c4-c4ccccc4)c8c76)cc3)n2)cc1.